The first-order valence-electron chi connectivity index (χ1n) is 5.23. The molecular weight excluding hydrogens is 230 g/mol. The van der Waals surface area contributed by atoms with Crippen molar-refractivity contribution in [3.8, 4) is 6.07 Å². The third-order valence-electron chi connectivity index (χ3n) is 2.42. The zero-order valence-corrected chi connectivity index (χ0v) is 9.85. The van der Waals surface area contributed by atoms with E-state index in [1.807, 2.05) is 60.7 Å². The summed E-state index contributed by atoms with van der Waals surface area (Å²) in [7, 11) is 0. The van der Waals surface area contributed by atoms with E-state index < -0.39 is 0 Å². The van der Waals surface area contributed by atoms with Crippen molar-refractivity contribution in [1.82, 2.24) is 0 Å². The lowest BCUT2D eigenvalue weighted by atomic mass is 10.0. The predicted molar refractivity (Wildman–Crippen MR) is 71.2 cm³/mol. The maximum Gasteiger partial charge on any atom is 0.101 e. The fraction of sp³-hybridized carbons (Fsp3) is 0. The molecular formula is C15H10ClN. The first-order chi connectivity index (χ1) is 8.33. The summed E-state index contributed by atoms with van der Waals surface area (Å²) in [5.41, 5.74) is 2.19. The molecule has 0 aromatic heterocycles. The number of hydrogen-bond donors (Lipinski definition) is 0. The topological polar surface area (TPSA) is 23.8 Å². The molecule has 17 heavy (non-hydrogen) atoms. The number of nitrogens with zero attached hydrogens (tertiary/aromatic N) is 1. The van der Waals surface area contributed by atoms with Crippen LogP contribution < -0.4 is 0 Å². The molecule has 0 aliphatic heterocycles. The SMILES string of the molecule is N#CC(=C(Cl)c1ccccc1)c1ccccc1. The van der Waals surface area contributed by atoms with Crippen LogP contribution in [0.3, 0.4) is 0 Å². The Labute approximate surface area is 106 Å². The highest BCUT2D eigenvalue weighted by atomic mass is 35.5. The third kappa shape index (κ3) is 2.55. The molecule has 2 aromatic carbocycles. The van der Waals surface area contributed by atoms with Crippen LogP contribution in [-0.4, -0.2) is 0 Å². The molecule has 2 aromatic rings. The van der Waals surface area contributed by atoms with E-state index >= 15 is 0 Å². The van der Waals surface area contributed by atoms with Crippen molar-refractivity contribution in [2.45, 2.75) is 0 Å². The van der Waals surface area contributed by atoms with Gasteiger partial charge in [0, 0.05) is 0 Å². The van der Waals surface area contributed by atoms with Gasteiger partial charge in [-0.2, -0.15) is 5.26 Å². The minimum absolute atomic E-state index is 0.485. The third-order valence-corrected chi connectivity index (χ3v) is 2.83. The second kappa shape index (κ2) is 5.34. The van der Waals surface area contributed by atoms with Gasteiger partial charge in [-0.05, 0) is 11.1 Å². The monoisotopic (exact) mass is 239 g/mol. The summed E-state index contributed by atoms with van der Waals surface area (Å²) in [6.07, 6.45) is 0. The van der Waals surface area contributed by atoms with Gasteiger partial charge in [-0.25, -0.2) is 0 Å². The summed E-state index contributed by atoms with van der Waals surface area (Å²) < 4.78 is 0. The predicted octanol–water partition coefficient (Wildman–Crippen LogP) is 4.32. The molecule has 0 N–H and O–H groups in total. The summed E-state index contributed by atoms with van der Waals surface area (Å²) in [6, 6.07) is 21.1. The number of hydrogen-bond acceptors (Lipinski definition) is 1. The fourth-order valence-electron chi connectivity index (χ4n) is 1.57. The van der Waals surface area contributed by atoms with E-state index in [0.29, 0.717) is 10.6 Å². The Hall–Kier alpha value is -2.04. The summed E-state index contributed by atoms with van der Waals surface area (Å²) >= 11 is 6.26. The van der Waals surface area contributed by atoms with Crippen LogP contribution in [-0.2, 0) is 0 Å². The molecule has 0 amide bonds. The van der Waals surface area contributed by atoms with Crippen molar-refractivity contribution in [2.24, 2.45) is 0 Å². The molecule has 0 fully saturated rings. The van der Waals surface area contributed by atoms with Crippen molar-refractivity contribution >= 4 is 22.2 Å². The lowest BCUT2D eigenvalue weighted by Gasteiger charge is -2.04. The summed E-state index contributed by atoms with van der Waals surface area (Å²) in [6.45, 7) is 0. The van der Waals surface area contributed by atoms with Gasteiger partial charge in [0.05, 0.1) is 10.6 Å². The highest BCUT2D eigenvalue weighted by Crippen LogP contribution is 2.28. The molecule has 0 saturated heterocycles. The molecule has 0 bridgehead atoms. The van der Waals surface area contributed by atoms with Crippen molar-refractivity contribution in [2.75, 3.05) is 0 Å². The van der Waals surface area contributed by atoms with Crippen molar-refractivity contribution in [3.63, 3.8) is 0 Å². The zero-order chi connectivity index (χ0) is 12.1. The maximum atomic E-state index is 9.22. The van der Waals surface area contributed by atoms with Crippen molar-refractivity contribution in [3.05, 3.63) is 71.8 Å². The van der Waals surface area contributed by atoms with Crippen LogP contribution in [0.2, 0.25) is 0 Å². The molecule has 0 unspecified atom stereocenters. The average Bonchev–Trinajstić information content (AvgIpc) is 2.42. The molecule has 82 valence electrons. The lowest BCUT2D eigenvalue weighted by Crippen LogP contribution is -1.85. The molecule has 0 saturated carbocycles. The molecule has 2 rings (SSSR count). The van der Waals surface area contributed by atoms with Crippen LogP contribution in [0.5, 0.6) is 0 Å². The average molecular weight is 240 g/mol. The summed E-state index contributed by atoms with van der Waals surface area (Å²) in [5.74, 6) is 0. The zero-order valence-electron chi connectivity index (χ0n) is 9.10. The number of nitriles is 1. The van der Waals surface area contributed by atoms with Crippen LogP contribution in [0.1, 0.15) is 11.1 Å². The quantitative estimate of drug-likeness (QED) is 0.566. The number of allylic oxidation sites excluding steroid dienone is 1. The number of benzene rings is 2. The second-order valence-corrected chi connectivity index (χ2v) is 3.91. The minimum Gasteiger partial charge on any atom is -0.192 e. The lowest BCUT2D eigenvalue weighted by molar-refractivity contribution is 1.52. The van der Waals surface area contributed by atoms with Gasteiger partial charge in [0.25, 0.3) is 0 Å². The van der Waals surface area contributed by atoms with Gasteiger partial charge < -0.3 is 0 Å². The van der Waals surface area contributed by atoms with Gasteiger partial charge in [-0.1, -0.05) is 72.3 Å². The largest absolute Gasteiger partial charge is 0.192 e. The highest BCUT2D eigenvalue weighted by Gasteiger charge is 2.08. The Bertz CT molecular complexity index is 565. The van der Waals surface area contributed by atoms with Gasteiger partial charge in [-0.3, -0.25) is 0 Å². The Kier molecular flexibility index (Phi) is 3.59. The molecule has 0 radical (unpaired) electrons. The van der Waals surface area contributed by atoms with Gasteiger partial charge in [-0.15, -0.1) is 0 Å². The van der Waals surface area contributed by atoms with Gasteiger partial charge in [0.1, 0.15) is 6.07 Å². The van der Waals surface area contributed by atoms with Gasteiger partial charge >= 0.3 is 0 Å². The summed E-state index contributed by atoms with van der Waals surface area (Å²) in [5, 5.41) is 9.70. The Morgan fingerprint density at radius 2 is 1.29 bits per heavy atom. The van der Waals surface area contributed by atoms with Crippen LogP contribution in [0, 0.1) is 11.3 Å². The molecule has 1 nitrogen and oxygen atoms in total. The first kappa shape index (κ1) is 11.4. The second-order valence-electron chi connectivity index (χ2n) is 3.53. The van der Waals surface area contributed by atoms with Crippen LogP contribution in [0.15, 0.2) is 60.7 Å². The van der Waals surface area contributed by atoms with E-state index in [1.165, 1.54) is 0 Å². The molecule has 0 aliphatic carbocycles. The van der Waals surface area contributed by atoms with E-state index in [1.54, 1.807) is 0 Å². The summed E-state index contributed by atoms with van der Waals surface area (Å²) in [4.78, 5) is 0. The van der Waals surface area contributed by atoms with E-state index in [-0.39, 0.29) is 0 Å². The standard InChI is InChI=1S/C15H10ClN/c16-15(13-9-5-2-6-10-13)14(11-17)12-7-3-1-4-8-12/h1-10H. The molecule has 0 heterocycles. The van der Waals surface area contributed by atoms with Gasteiger partial charge in [0.2, 0.25) is 0 Å². The van der Waals surface area contributed by atoms with Crippen LogP contribution in [0.4, 0.5) is 0 Å². The Morgan fingerprint density at radius 3 is 1.76 bits per heavy atom. The van der Waals surface area contributed by atoms with E-state index in [0.717, 1.165) is 11.1 Å². The number of rotatable bonds is 2. The van der Waals surface area contributed by atoms with E-state index in [2.05, 4.69) is 6.07 Å². The molecule has 2 heteroatoms. The minimum atomic E-state index is 0.485. The van der Waals surface area contributed by atoms with E-state index in [9.17, 15) is 5.26 Å². The van der Waals surface area contributed by atoms with Crippen molar-refractivity contribution < 1.29 is 0 Å². The Balaban J connectivity index is 2.53. The van der Waals surface area contributed by atoms with E-state index in [4.69, 9.17) is 11.6 Å². The Morgan fingerprint density at radius 1 is 0.824 bits per heavy atom. The van der Waals surface area contributed by atoms with Crippen LogP contribution in [0.25, 0.3) is 10.6 Å². The number of halogens is 1. The molecule has 0 atom stereocenters. The molecule has 0 aliphatic rings. The smallest absolute Gasteiger partial charge is 0.101 e. The molecule has 0 spiro atoms. The van der Waals surface area contributed by atoms with Crippen LogP contribution >= 0.6 is 11.6 Å². The van der Waals surface area contributed by atoms with Crippen molar-refractivity contribution in [1.29, 1.82) is 5.26 Å². The maximum absolute atomic E-state index is 9.22. The fourth-order valence-corrected chi connectivity index (χ4v) is 1.85. The highest BCUT2D eigenvalue weighted by molar-refractivity contribution is 6.53. The van der Waals surface area contributed by atoms with Gasteiger partial charge in [0.15, 0.2) is 0 Å². The normalized spacial score (nSPS) is 11.5. The first-order valence-corrected chi connectivity index (χ1v) is 5.61.